The van der Waals surface area contributed by atoms with Gasteiger partial charge in [0.15, 0.2) is 0 Å². The van der Waals surface area contributed by atoms with Crippen LogP contribution in [0.15, 0.2) is 24.3 Å². The molecule has 0 aromatic heterocycles. The van der Waals surface area contributed by atoms with Gasteiger partial charge in [0.1, 0.15) is 6.54 Å². The van der Waals surface area contributed by atoms with Gasteiger partial charge in [-0.3, -0.25) is 9.59 Å². The van der Waals surface area contributed by atoms with Crippen LogP contribution in [0.4, 0.5) is 5.69 Å². The van der Waals surface area contributed by atoms with E-state index in [1.54, 1.807) is 4.90 Å². The smallest absolute Gasteiger partial charge is 0.240 e. The van der Waals surface area contributed by atoms with Gasteiger partial charge in [-0.2, -0.15) is 0 Å². The largest absolute Gasteiger partial charge is 0.352 e. The molecule has 0 aliphatic carbocycles. The Kier molecular flexibility index (Phi) is 4.78. The molecule has 5 nitrogen and oxygen atoms in total. The van der Waals surface area contributed by atoms with Crippen LogP contribution in [-0.2, 0) is 15.0 Å². The molecule has 1 spiro atoms. The summed E-state index contributed by atoms with van der Waals surface area (Å²) in [7, 11) is 0. The van der Waals surface area contributed by atoms with Gasteiger partial charge in [-0.25, -0.2) is 0 Å². The lowest BCUT2D eigenvalue weighted by atomic mass is 9.81. The molecule has 0 radical (unpaired) electrons. The Labute approximate surface area is 136 Å². The van der Waals surface area contributed by atoms with E-state index in [1.165, 1.54) is 0 Å². The van der Waals surface area contributed by atoms with Crippen molar-refractivity contribution in [3.63, 3.8) is 0 Å². The molecule has 6 heteroatoms. The maximum atomic E-state index is 12.9. The number of halogens is 1. The summed E-state index contributed by atoms with van der Waals surface area (Å²) in [5.74, 6) is -0.0660. The molecule has 0 saturated carbocycles. The number of hydrogen-bond acceptors (Lipinski definition) is 3. The zero-order valence-corrected chi connectivity index (χ0v) is 13.7. The van der Waals surface area contributed by atoms with Crippen LogP contribution in [0, 0.1) is 0 Å². The van der Waals surface area contributed by atoms with Crippen LogP contribution >= 0.6 is 12.4 Å². The molecule has 0 bridgehead atoms. The van der Waals surface area contributed by atoms with Crippen LogP contribution in [0.25, 0.3) is 0 Å². The maximum Gasteiger partial charge on any atom is 0.240 e. The van der Waals surface area contributed by atoms with Gasteiger partial charge >= 0.3 is 0 Å². The third kappa shape index (κ3) is 2.59. The number of carbonyl (C=O) groups is 2. The van der Waals surface area contributed by atoms with Crippen LogP contribution in [0.3, 0.4) is 0 Å². The van der Waals surface area contributed by atoms with Crippen LogP contribution in [0.5, 0.6) is 0 Å². The quantitative estimate of drug-likeness (QED) is 0.879. The van der Waals surface area contributed by atoms with Crippen molar-refractivity contribution in [2.45, 2.75) is 31.7 Å². The van der Waals surface area contributed by atoms with Crippen molar-refractivity contribution in [2.75, 3.05) is 24.5 Å². The second-order valence-corrected chi connectivity index (χ2v) is 6.14. The van der Waals surface area contributed by atoms with Gasteiger partial charge in [-0.1, -0.05) is 18.2 Å². The van der Waals surface area contributed by atoms with Gasteiger partial charge in [-0.05, 0) is 38.4 Å². The predicted molar refractivity (Wildman–Crippen MR) is 88.5 cm³/mol. The van der Waals surface area contributed by atoms with Crippen LogP contribution < -0.4 is 15.5 Å². The number of nitrogens with one attached hydrogen (secondary N) is 2. The second kappa shape index (κ2) is 6.26. The summed E-state index contributed by atoms with van der Waals surface area (Å²) in [5.41, 5.74) is 1.46. The average Bonchev–Trinajstić information content (AvgIpc) is 3.00. The average molecular weight is 324 g/mol. The van der Waals surface area contributed by atoms with E-state index < -0.39 is 5.41 Å². The zero-order chi connectivity index (χ0) is 15.0. The molecule has 2 aliphatic heterocycles. The molecule has 1 aromatic carbocycles. The summed E-state index contributed by atoms with van der Waals surface area (Å²) in [6.07, 6.45) is 0.797. The van der Waals surface area contributed by atoms with E-state index in [2.05, 4.69) is 10.6 Å². The molecular weight excluding hydrogens is 302 g/mol. The van der Waals surface area contributed by atoms with Crippen molar-refractivity contribution in [1.82, 2.24) is 10.6 Å². The number of hydrogen-bond donors (Lipinski definition) is 2. The Balaban J connectivity index is 0.00000176. The van der Waals surface area contributed by atoms with E-state index in [0.717, 1.165) is 24.2 Å². The fourth-order valence-corrected chi connectivity index (χ4v) is 3.37. The van der Waals surface area contributed by atoms with Gasteiger partial charge in [-0.15, -0.1) is 12.4 Å². The third-order valence-corrected chi connectivity index (χ3v) is 4.27. The van der Waals surface area contributed by atoms with Crippen molar-refractivity contribution in [2.24, 2.45) is 0 Å². The first-order valence-corrected chi connectivity index (χ1v) is 7.46. The molecule has 1 saturated heterocycles. The Morgan fingerprint density at radius 2 is 2.14 bits per heavy atom. The number of para-hydroxylation sites is 1. The molecule has 1 atom stereocenters. The molecule has 22 heavy (non-hydrogen) atoms. The van der Waals surface area contributed by atoms with Crippen LogP contribution in [0.2, 0.25) is 0 Å². The standard InChI is InChI=1S/C16H21N3O2.ClH/c1-11(2)18-14(20)9-19-13-6-4-3-5-12(13)16(15(19)21)7-8-17-10-16;/h3-6,11,17H,7-10H2,1-2H3,(H,18,20);1H. The van der Waals surface area contributed by atoms with Gasteiger partial charge in [0.05, 0.1) is 5.41 Å². The SMILES string of the molecule is CC(C)NC(=O)CN1C(=O)C2(CCNC2)c2ccccc21.Cl. The Morgan fingerprint density at radius 1 is 1.41 bits per heavy atom. The molecule has 1 fully saturated rings. The molecule has 1 aromatic rings. The minimum absolute atomic E-state index is 0. The molecule has 2 amide bonds. The topological polar surface area (TPSA) is 61.4 Å². The predicted octanol–water partition coefficient (Wildman–Crippen LogP) is 1.21. The first-order valence-electron chi connectivity index (χ1n) is 7.46. The van der Waals surface area contributed by atoms with E-state index in [9.17, 15) is 9.59 Å². The molecule has 3 rings (SSSR count). The molecule has 2 N–H and O–H groups in total. The van der Waals surface area contributed by atoms with Gasteiger partial charge in [0.2, 0.25) is 11.8 Å². The van der Waals surface area contributed by atoms with Gasteiger partial charge < -0.3 is 15.5 Å². The summed E-state index contributed by atoms with van der Waals surface area (Å²) in [6, 6.07) is 7.90. The lowest BCUT2D eigenvalue weighted by Crippen LogP contribution is -2.46. The third-order valence-electron chi connectivity index (χ3n) is 4.27. The lowest BCUT2D eigenvalue weighted by Gasteiger charge is -2.22. The summed E-state index contributed by atoms with van der Waals surface area (Å²) in [4.78, 5) is 26.6. The highest BCUT2D eigenvalue weighted by Crippen LogP contribution is 2.45. The second-order valence-electron chi connectivity index (χ2n) is 6.14. The van der Waals surface area contributed by atoms with E-state index in [1.807, 2.05) is 38.1 Å². The van der Waals surface area contributed by atoms with E-state index in [-0.39, 0.29) is 36.8 Å². The summed E-state index contributed by atoms with van der Waals surface area (Å²) >= 11 is 0. The maximum absolute atomic E-state index is 12.9. The Morgan fingerprint density at radius 3 is 2.77 bits per heavy atom. The number of anilines is 1. The van der Waals surface area contributed by atoms with Crippen molar-refractivity contribution < 1.29 is 9.59 Å². The van der Waals surface area contributed by atoms with Crippen molar-refractivity contribution in [3.8, 4) is 0 Å². The minimum Gasteiger partial charge on any atom is -0.352 e. The van der Waals surface area contributed by atoms with Crippen LogP contribution in [-0.4, -0.2) is 37.5 Å². The highest BCUT2D eigenvalue weighted by Gasteiger charge is 2.52. The highest BCUT2D eigenvalue weighted by atomic mass is 35.5. The number of carbonyl (C=O) groups excluding carboxylic acids is 2. The first kappa shape index (κ1) is 16.8. The van der Waals surface area contributed by atoms with Crippen molar-refractivity contribution >= 4 is 29.9 Å². The van der Waals surface area contributed by atoms with Crippen molar-refractivity contribution in [3.05, 3.63) is 29.8 Å². The fraction of sp³-hybridized carbons (Fsp3) is 0.500. The number of benzene rings is 1. The molecule has 120 valence electrons. The van der Waals surface area contributed by atoms with E-state index >= 15 is 0 Å². The summed E-state index contributed by atoms with van der Waals surface area (Å²) in [5, 5.41) is 6.14. The van der Waals surface area contributed by atoms with Gasteiger partial charge in [0, 0.05) is 18.3 Å². The Hall–Kier alpha value is -1.59. The normalized spacial score (nSPS) is 22.9. The molecule has 2 heterocycles. The van der Waals surface area contributed by atoms with Gasteiger partial charge in [0.25, 0.3) is 0 Å². The number of rotatable bonds is 3. The zero-order valence-electron chi connectivity index (χ0n) is 12.9. The number of amides is 2. The molecular formula is C16H22ClN3O2. The number of fused-ring (bicyclic) bond motifs is 2. The first-order chi connectivity index (χ1) is 10.0. The number of nitrogens with zero attached hydrogens (tertiary/aromatic N) is 1. The summed E-state index contributed by atoms with van der Waals surface area (Å²) < 4.78 is 0. The lowest BCUT2D eigenvalue weighted by molar-refractivity contribution is -0.126. The van der Waals surface area contributed by atoms with Crippen LogP contribution in [0.1, 0.15) is 25.8 Å². The van der Waals surface area contributed by atoms with E-state index in [0.29, 0.717) is 6.54 Å². The van der Waals surface area contributed by atoms with Crippen molar-refractivity contribution in [1.29, 1.82) is 0 Å². The Bertz CT molecular complexity index is 583. The van der Waals surface area contributed by atoms with E-state index in [4.69, 9.17) is 0 Å². The highest BCUT2D eigenvalue weighted by molar-refractivity contribution is 6.11. The minimum atomic E-state index is -0.477. The summed E-state index contributed by atoms with van der Waals surface area (Å²) in [6.45, 7) is 5.42. The molecule has 2 aliphatic rings. The monoisotopic (exact) mass is 323 g/mol. The molecule has 1 unspecified atom stereocenters. The fourth-order valence-electron chi connectivity index (χ4n) is 3.37.